The maximum atomic E-state index is 12.0. The maximum absolute atomic E-state index is 12.0. The van der Waals surface area contributed by atoms with E-state index in [1.165, 1.54) is 0 Å². The van der Waals surface area contributed by atoms with Crippen molar-refractivity contribution >= 4 is 28.5 Å². The zero-order chi connectivity index (χ0) is 13.2. The Morgan fingerprint density at radius 2 is 2.37 bits per heavy atom. The molecule has 100 valence electrons. The summed E-state index contributed by atoms with van der Waals surface area (Å²) in [6.07, 6.45) is 6.25. The number of hydrogen-bond donors (Lipinski definition) is 1. The number of carbonyl (C=O) groups excluding carboxylic acids is 1. The van der Waals surface area contributed by atoms with Gasteiger partial charge in [0.05, 0.1) is 11.7 Å². The van der Waals surface area contributed by atoms with E-state index in [9.17, 15) is 4.79 Å². The minimum absolute atomic E-state index is 0.0365. The Labute approximate surface area is 116 Å². The van der Waals surface area contributed by atoms with Gasteiger partial charge in [-0.1, -0.05) is 0 Å². The molecule has 1 aliphatic rings. The van der Waals surface area contributed by atoms with Crippen LogP contribution in [0.3, 0.4) is 0 Å². The summed E-state index contributed by atoms with van der Waals surface area (Å²) in [7, 11) is 0. The number of imidazole rings is 1. The van der Waals surface area contributed by atoms with E-state index in [1.54, 1.807) is 12.4 Å². The summed E-state index contributed by atoms with van der Waals surface area (Å²) in [5.74, 6) is 1.36. The molecule has 6 heteroatoms. The predicted octanol–water partition coefficient (Wildman–Crippen LogP) is 1.49. The summed E-state index contributed by atoms with van der Waals surface area (Å²) in [6.45, 7) is 0.295. The first kappa shape index (κ1) is 12.4. The van der Waals surface area contributed by atoms with Crippen molar-refractivity contribution in [2.24, 2.45) is 0 Å². The SMILES string of the molecule is O=C(Cn1c(CCCl)nc2cnccc21)NC1CC1. The van der Waals surface area contributed by atoms with E-state index < -0.39 is 0 Å². The Morgan fingerprint density at radius 3 is 3.11 bits per heavy atom. The number of rotatable bonds is 5. The molecule has 0 atom stereocenters. The summed E-state index contributed by atoms with van der Waals surface area (Å²) in [4.78, 5) is 20.5. The Balaban J connectivity index is 1.89. The van der Waals surface area contributed by atoms with Crippen molar-refractivity contribution in [1.29, 1.82) is 0 Å². The minimum Gasteiger partial charge on any atom is -0.352 e. The van der Waals surface area contributed by atoms with Gasteiger partial charge in [-0.05, 0) is 18.9 Å². The van der Waals surface area contributed by atoms with E-state index >= 15 is 0 Å². The molecular weight excluding hydrogens is 264 g/mol. The van der Waals surface area contributed by atoms with Crippen LogP contribution < -0.4 is 5.32 Å². The Bertz CT molecular complexity index is 606. The van der Waals surface area contributed by atoms with Crippen LogP contribution in [0.25, 0.3) is 11.0 Å². The van der Waals surface area contributed by atoms with E-state index in [1.807, 2.05) is 10.6 Å². The highest BCUT2D eigenvalue weighted by molar-refractivity contribution is 6.17. The predicted molar refractivity (Wildman–Crippen MR) is 73.1 cm³/mol. The fourth-order valence-corrected chi connectivity index (χ4v) is 2.30. The summed E-state index contributed by atoms with van der Waals surface area (Å²) < 4.78 is 1.93. The van der Waals surface area contributed by atoms with Crippen molar-refractivity contribution in [3.05, 3.63) is 24.3 Å². The van der Waals surface area contributed by atoms with Gasteiger partial charge in [-0.25, -0.2) is 4.98 Å². The molecule has 0 unspecified atom stereocenters. The third-order valence-corrected chi connectivity index (χ3v) is 3.38. The molecule has 2 aromatic rings. The molecule has 2 aromatic heterocycles. The Morgan fingerprint density at radius 1 is 1.53 bits per heavy atom. The van der Waals surface area contributed by atoms with Gasteiger partial charge < -0.3 is 9.88 Å². The van der Waals surface area contributed by atoms with E-state index in [0.29, 0.717) is 24.9 Å². The highest BCUT2D eigenvalue weighted by atomic mass is 35.5. The molecular formula is C13H15ClN4O. The number of aromatic nitrogens is 3. The molecule has 2 heterocycles. The number of halogens is 1. The first-order valence-corrected chi connectivity index (χ1v) is 6.96. The van der Waals surface area contributed by atoms with Crippen molar-refractivity contribution in [2.45, 2.75) is 31.8 Å². The monoisotopic (exact) mass is 278 g/mol. The van der Waals surface area contributed by atoms with E-state index in [2.05, 4.69) is 15.3 Å². The summed E-state index contributed by atoms with van der Waals surface area (Å²) >= 11 is 5.80. The molecule has 1 fully saturated rings. The topological polar surface area (TPSA) is 59.8 Å². The molecule has 0 spiro atoms. The van der Waals surface area contributed by atoms with Crippen molar-refractivity contribution < 1.29 is 4.79 Å². The first-order valence-electron chi connectivity index (χ1n) is 6.42. The van der Waals surface area contributed by atoms with Crippen LogP contribution in [-0.2, 0) is 17.8 Å². The Hall–Kier alpha value is -1.62. The van der Waals surface area contributed by atoms with Gasteiger partial charge in [0.15, 0.2) is 0 Å². The molecule has 0 saturated heterocycles. The molecule has 0 aliphatic heterocycles. The second-order valence-corrected chi connectivity index (χ2v) is 5.14. The third kappa shape index (κ3) is 2.71. The van der Waals surface area contributed by atoms with Crippen LogP contribution in [0.4, 0.5) is 0 Å². The summed E-state index contributed by atoms with van der Waals surface area (Å²) in [5.41, 5.74) is 1.74. The average molecular weight is 279 g/mol. The lowest BCUT2D eigenvalue weighted by molar-refractivity contribution is -0.121. The first-order chi connectivity index (χ1) is 9.28. The molecule has 1 amide bonds. The molecule has 3 rings (SSSR count). The quantitative estimate of drug-likeness (QED) is 0.843. The second kappa shape index (κ2) is 5.17. The van der Waals surface area contributed by atoms with Crippen LogP contribution >= 0.6 is 11.6 Å². The summed E-state index contributed by atoms with van der Waals surface area (Å²) in [5, 5.41) is 2.99. The van der Waals surface area contributed by atoms with Crippen LogP contribution in [0.1, 0.15) is 18.7 Å². The second-order valence-electron chi connectivity index (χ2n) is 4.76. The van der Waals surface area contributed by atoms with Gasteiger partial charge in [0.25, 0.3) is 0 Å². The normalized spacial score (nSPS) is 14.8. The zero-order valence-corrected chi connectivity index (χ0v) is 11.2. The fraction of sp³-hybridized carbons (Fsp3) is 0.462. The molecule has 19 heavy (non-hydrogen) atoms. The van der Waals surface area contributed by atoms with Crippen molar-refractivity contribution in [3.8, 4) is 0 Å². The molecule has 5 nitrogen and oxygen atoms in total. The molecule has 0 radical (unpaired) electrons. The molecule has 0 bridgehead atoms. The average Bonchev–Trinajstić information content (AvgIpc) is 3.14. The van der Waals surface area contributed by atoms with Crippen LogP contribution in [-0.4, -0.2) is 32.4 Å². The standard InChI is InChI=1S/C13H15ClN4O/c14-5-3-12-17-10-7-15-6-4-11(10)18(12)8-13(19)16-9-1-2-9/h4,6-7,9H,1-3,5,8H2,(H,16,19). The number of aryl methyl sites for hydroxylation is 1. The number of nitrogens with zero attached hydrogens (tertiary/aromatic N) is 3. The van der Waals surface area contributed by atoms with Crippen molar-refractivity contribution in [3.63, 3.8) is 0 Å². The van der Waals surface area contributed by atoms with Gasteiger partial charge in [0, 0.05) is 24.5 Å². The molecule has 1 N–H and O–H groups in total. The van der Waals surface area contributed by atoms with E-state index in [0.717, 1.165) is 29.7 Å². The lowest BCUT2D eigenvalue weighted by atomic mass is 10.4. The number of amides is 1. The smallest absolute Gasteiger partial charge is 0.240 e. The third-order valence-electron chi connectivity index (χ3n) is 3.19. The van der Waals surface area contributed by atoms with E-state index in [4.69, 9.17) is 11.6 Å². The highest BCUT2D eigenvalue weighted by Gasteiger charge is 2.24. The maximum Gasteiger partial charge on any atom is 0.240 e. The molecule has 1 saturated carbocycles. The number of alkyl halides is 1. The zero-order valence-electron chi connectivity index (χ0n) is 10.5. The minimum atomic E-state index is 0.0365. The highest BCUT2D eigenvalue weighted by Crippen LogP contribution is 2.19. The van der Waals surface area contributed by atoms with Gasteiger partial charge in [-0.15, -0.1) is 11.6 Å². The number of nitrogens with one attached hydrogen (secondary N) is 1. The van der Waals surface area contributed by atoms with Crippen LogP contribution in [0.2, 0.25) is 0 Å². The van der Waals surface area contributed by atoms with Gasteiger partial charge >= 0.3 is 0 Å². The Kier molecular flexibility index (Phi) is 3.38. The van der Waals surface area contributed by atoms with Gasteiger partial charge in [0.1, 0.15) is 17.9 Å². The van der Waals surface area contributed by atoms with Gasteiger partial charge in [0.2, 0.25) is 5.91 Å². The van der Waals surface area contributed by atoms with Crippen LogP contribution in [0.5, 0.6) is 0 Å². The van der Waals surface area contributed by atoms with Crippen molar-refractivity contribution in [2.75, 3.05) is 5.88 Å². The number of fused-ring (bicyclic) bond motifs is 1. The van der Waals surface area contributed by atoms with Crippen molar-refractivity contribution in [1.82, 2.24) is 19.9 Å². The van der Waals surface area contributed by atoms with Crippen LogP contribution in [0, 0.1) is 0 Å². The number of hydrogen-bond acceptors (Lipinski definition) is 3. The fourth-order valence-electron chi connectivity index (χ4n) is 2.13. The number of carbonyl (C=O) groups is 1. The van der Waals surface area contributed by atoms with E-state index in [-0.39, 0.29) is 5.91 Å². The molecule has 1 aliphatic carbocycles. The van der Waals surface area contributed by atoms with Gasteiger partial charge in [-0.3, -0.25) is 9.78 Å². The van der Waals surface area contributed by atoms with Gasteiger partial charge in [-0.2, -0.15) is 0 Å². The largest absolute Gasteiger partial charge is 0.352 e. The lowest BCUT2D eigenvalue weighted by Crippen LogP contribution is -2.29. The molecule has 0 aromatic carbocycles. The summed E-state index contributed by atoms with van der Waals surface area (Å²) in [6, 6.07) is 2.25. The lowest BCUT2D eigenvalue weighted by Gasteiger charge is -2.08. The number of pyridine rings is 1. The van der Waals surface area contributed by atoms with Crippen LogP contribution in [0.15, 0.2) is 18.5 Å².